The van der Waals surface area contributed by atoms with Crippen LogP contribution in [0.4, 0.5) is 0 Å². The van der Waals surface area contributed by atoms with Gasteiger partial charge in [0.05, 0.1) is 22.0 Å². The fourth-order valence-electron chi connectivity index (χ4n) is 3.82. The first kappa shape index (κ1) is 16.6. The Labute approximate surface area is 162 Å². The summed E-state index contributed by atoms with van der Waals surface area (Å²) in [5.74, 6) is 0.590. The largest absolute Gasteiger partial charge is 0.338 e. The van der Waals surface area contributed by atoms with Gasteiger partial charge in [0.15, 0.2) is 0 Å². The summed E-state index contributed by atoms with van der Waals surface area (Å²) in [6.07, 6.45) is 7.68. The number of carbonyl (C=O) groups is 1. The first-order chi connectivity index (χ1) is 13.2. The van der Waals surface area contributed by atoms with E-state index in [1.54, 1.807) is 16.9 Å². The Kier molecular flexibility index (Phi) is 4.01. The minimum atomic E-state index is -0.0277. The smallest absolute Gasteiger partial charge is 0.255 e. The first-order valence-corrected chi connectivity index (χ1v) is 9.73. The number of nitrogens with zero attached hydrogens (tertiary/aromatic N) is 4. The number of nitrogens with one attached hydrogen (secondary N) is 1. The van der Waals surface area contributed by atoms with Gasteiger partial charge in [0, 0.05) is 43.5 Å². The van der Waals surface area contributed by atoms with E-state index in [1.165, 1.54) is 29.8 Å². The van der Waals surface area contributed by atoms with Crippen molar-refractivity contribution in [1.82, 2.24) is 24.9 Å². The van der Waals surface area contributed by atoms with E-state index in [0.717, 1.165) is 18.5 Å². The minimum Gasteiger partial charge on any atom is -0.338 e. The number of rotatable bonds is 3. The molecule has 1 N–H and O–H groups in total. The van der Waals surface area contributed by atoms with Gasteiger partial charge in [0.25, 0.3) is 5.91 Å². The first-order valence-electron chi connectivity index (χ1n) is 9.35. The molecule has 6 nitrogen and oxygen atoms in total. The molecule has 27 heavy (non-hydrogen) atoms. The van der Waals surface area contributed by atoms with E-state index < -0.39 is 0 Å². The predicted molar refractivity (Wildman–Crippen MR) is 102 cm³/mol. The second-order valence-corrected chi connectivity index (χ2v) is 7.65. The molecule has 1 aliphatic carbocycles. The SMILES string of the molecule is O=C(c1cc(-n2cccn2)ccc1Cl)N1CCc2[nH]nc(C3CC3)c2CC1. The average molecular weight is 382 g/mol. The standard InChI is InChI=1S/C20H20ClN5O/c21-17-5-4-14(26-9-1-8-22-26)12-16(17)20(27)25-10-6-15-18(7-11-25)23-24-19(15)13-2-3-13/h1,4-5,8-9,12-13H,2-3,6-7,10-11H2,(H,23,24). The molecule has 1 aromatic carbocycles. The van der Waals surface area contributed by atoms with Crippen molar-refractivity contribution in [3.05, 3.63) is 64.2 Å². The third-order valence-corrected chi connectivity index (χ3v) is 5.78. The molecular weight excluding hydrogens is 362 g/mol. The van der Waals surface area contributed by atoms with Gasteiger partial charge in [0.2, 0.25) is 0 Å². The Bertz CT molecular complexity index is 990. The Morgan fingerprint density at radius 3 is 2.85 bits per heavy atom. The lowest BCUT2D eigenvalue weighted by atomic mass is 10.1. The molecule has 1 saturated carbocycles. The monoisotopic (exact) mass is 381 g/mol. The van der Waals surface area contributed by atoms with Crippen LogP contribution in [-0.4, -0.2) is 43.9 Å². The maximum Gasteiger partial charge on any atom is 0.255 e. The van der Waals surface area contributed by atoms with Gasteiger partial charge < -0.3 is 4.90 Å². The summed E-state index contributed by atoms with van der Waals surface area (Å²) in [4.78, 5) is 15.1. The Morgan fingerprint density at radius 2 is 2.07 bits per heavy atom. The molecule has 7 heteroatoms. The highest BCUT2D eigenvalue weighted by atomic mass is 35.5. The zero-order valence-corrected chi connectivity index (χ0v) is 15.6. The normalized spacial score (nSPS) is 16.9. The van der Waals surface area contributed by atoms with Crippen LogP contribution >= 0.6 is 11.6 Å². The maximum atomic E-state index is 13.2. The molecule has 5 rings (SSSR count). The van der Waals surface area contributed by atoms with E-state index in [-0.39, 0.29) is 5.91 Å². The molecule has 1 amide bonds. The van der Waals surface area contributed by atoms with Crippen LogP contribution in [0.1, 0.15) is 46.1 Å². The van der Waals surface area contributed by atoms with Crippen molar-refractivity contribution in [2.24, 2.45) is 0 Å². The number of fused-ring (bicyclic) bond motifs is 1. The van der Waals surface area contributed by atoms with Gasteiger partial charge in [-0.1, -0.05) is 11.6 Å². The van der Waals surface area contributed by atoms with Crippen LogP contribution in [0.25, 0.3) is 5.69 Å². The van der Waals surface area contributed by atoms with Crippen molar-refractivity contribution in [3.63, 3.8) is 0 Å². The number of hydrogen-bond acceptors (Lipinski definition) is 3. The second kappa shape index (κ2) is 6.53. The Balaban J connectivity index is 1.39. The van der Waals surface area contributed by atoms with Gasteiger partial charge in [-0.15, -0.1) is 0 Å². The summed E-state index contributed by atoms with van der Waals surface area (Å²) in [5.41, 5.74) is 5.08. The van der Waals surface area contributed by atoms with E-state index in [1.807, 2.05) is 29.3 Å². The fourth-order valence-corrected chi connectivity index (χ4v) is 4.02. The van der Waals surface area contributed by atoms with Gasteiger partial charge in [-0.25, -0.2) is 4.68 Å². The second-order valence-electron chi connectivity index (χ2n) is 7.25. The number of hydrogen-bond donors (Lipinski definition) is 1. The molecule has 0 saturated heterocycles. The highest BCUT2D eigenvalue weighted by Gasteiger charge is 2.32. The summed E-state index contributed by atoms with van der Waals surface area (Å²) in [6.45, 7) is 1.36. The lowest BCUT2D eigenvalue weighted by molar-refractivity contribution is 0.0763. The van der Waals surface area contributed by atoms with Crippen LogP contribution in [0.15, 0.2) is 36.7 Å². The predicted octanol–water partition coefficient (Wildman–Crippen LogP) is 3.37. The van der Waals surface area contributed by atoms with E-state index in [9.17, 15) is 4.79 Å². The summed E-state index contributed by atoms with van der Waals surface area (Å²) in [5, 5.41) is 12.4. The van der Waals surface area contributed by atoms with E-state index in [0.29, 0.717) is 29.6 Å². The molecule has 0 unspecified atom stereocenters. The van der Waals surface area contributed by atoms with Gasteiger partial charge in [-0.2, -0.15) is 10.2 Å². The highest BCUT2D eigenvalue weighted by Crippen LogP contribution is 2.41. The van der Waals surface area contributed by atoms with E-state index >= 15 is 0 Å². The number of H-pyrrole nitrogens is 1. The van der Waals surface area contributed by atoms with Crippen LogP contribution in [0.5, 0.6) is 0 Å². The Morgan fingerprint density at radius 1 is 1.22 bits per heavy atom. The molecule has 0 radical (unpaired) electrons. The lowest BCUT2D eigenvalue weighted by Gasteiger charge is -2.21. The number of halogens is 1. The molecule has 0 atom stereocenters. The molecule has 1 aliphatic heterocycles. The fraction of sp³-hybridized carbons (Fsp3) is 0.350. The third kappa shape index (κ3) is 3.04. The van der Waals surface area contributed by atoms with Crippen LogP contribution in [0.3, 0.4) is 0 Å². The van der Waals surface area contributed by atoms with Crippen LogP contribution in [0.2, 0.25) is 5.02 Å². The molecule has 3 heterocycles. The number of amides is 1. The van der Waals surface area contributed by atoms with Gasteiger partial charge in [0.1, 0.15) is 0 Å². The summed E-state index contributed by atoms with van der Waals surface area (Å²) in [6, 6.07) is 7.30. The molecule has 138 valence electrons. The average Bonchev–Trinajstić information content (AvgIpc) is 3.29. The molecule has 2 aliphatic rings. The number of aromatic nitrogens is 4. The summed E-state index contributed by atoms with van der Waals surface area (Å²) < 4.78 is 1.73. The summed E-state index contributed by atoms with van der Waals surface area (Å²) in [7, 11) is 0. The zero-order valence-electron chi connectivity index (χ0n) is 14.9. The number of carbonyl (C=O) groups excluding carboxylic acids is 1. The van der Waals surface area contributed by atoms with Crippen LogP contribution in [0, 0.1) is 0 Å². The van der Waals surface area contributed by atoms with Crippen molar-refractivity contribution in [3.8, 4) is 5.69 Å². The van der Waals surface area contributed by atoms with Gasteiger partial charge in [-0.05, 0) is 49.1 Å². The molecule has 2 aromatic heterocycles. The van der Waals surface area contributed by atoms with Crippen molar-refractivity contribution in [2.75, 3.05) is 13.1 Å². The van der Waals surface area contributed by atoms with Gasteiger partial charge in [-0.3, -0.25) is 9.89 Å². The maximum absolute atomic E-state index is 13.2. The zero-order chi connectivity index (χ0) is 18.4. The molecule has 0 bridgehead atoms. The molecule has 1 fully saturated rings. The number of aromatic amines is 1. The lowest BCUT2D eigenvalue weighted by Crippen LogP contribution is -2.33. The topological polar surface area (TPSA) is 66.8 Å². The van der Waals surface area contributed by atoms with Gasteiger partial charge >= 0.3 is 0 Å². The Hall–Kier alpha value is -2.60. The van der Waals surface area contributed by atoms with Crippen molar-refractivity contribution < 1.29 is 4.79 Å². The third-order valence-electron chi connectivity index (χ3n) is 5.45. The molecule has 3 aromatic rings. The number of benzene rings is 1. The summed E-state index contributed by atoms with van der Waals surface area (Å²) >= 11 is 6.36. The van der Waals surface area contributed by atoms with Crippen molar-refractivity contribution in [1.29, 1.82) is 0 Å². The van der Waals surface area contributed by atoms with Crippen molar-refractivity contribution in [2.45, 2.75) is 31.6 Å². The van der Waals surface area contributed by atoms with E-state index in [2.05, 4.69) is 15.3 Å². The van der Waals surface area contributed by atoms with Crippen molar-refractivity contribution >= 4 is 17.5 Å². The highest BCUT2D eigenvalue weighted by molar-refractivity contribution is 6.33. The van der Waals surface area contributed by atoms with Crippen LogP contribution < -0.4 is 0 Å². The molecule has 0 spiro atoms. The minimum absolute atomic E-state index is 0.0277. The molecular formula is C20H20ClN5O. The van der Waals surface area contributed by atoms with E-state index in [4.69, 9.17) is 11.6 Å². The van der Waals surface area contributed by atoms with Crippen LogP contribution in [-0.2, 0) is 12.8 Å². The quantitative estimate of drug-likeness (QED) is 0.756.